The molecule has 1 heterocycles. The zero-order valence-electron chi connectivity index (χ0n) is 11.5. The first kappa shape index (κ1) is 15.9. The van der Waals surface area contributed by atoms with Crippen molar-refractivity contribution in [1.82, 2.24) is 10.2 Å². The average Bonchev–Trinajstić information content (AvgIpc) is 2.59. The van der Waals surface area contributed by atoms with Crippen LogP contribution in [0.5, 0.6) is 0 Å². The minimum atomic E-state index is -0.357. The van der Waals surface area contributed by atoms with E-state index in [-0.39, 0.29) is 11.6 Å². The molecule has 0 bridgehead atoms. The van der Waals surface area contributed by atoms with Gasteiger partial charge < -0.3 is 10.4 Å². The number of nitrogens with one attached hydrogen (secondary N) is 1. The van der Waals surface area contributed by atoms with Crippen LogP contribution in [-0.2, 0) is 6.54 Å². The second-order valence-corrected chi connectivity index (χ2v) is 7.49. The number of nitrogens with zero attached hydrogens (tertiary/aromatic N) is 1. The van der Waals surface area contributed by atoms with E-state index in [0.717, 1.165) is 10.9 Å². The third-order valence-corrected chi connectivity index (χ3v) is 3.66. The molecule has 2 N–H and O–H groups in total. The van der Waals surface area contributed by atoms with Gasteiger partial charge in [-0.25, -0.2) is 0 Å². The highest BCUT2D eigenvalue weighted by atomic mass is 35.5. The van der Waals surface area contributed by atoms with Crippen LogP contribution in [0.3, 0.4) is 0 Å². The molecular formula is C13H23ClN2OS. The normalized spacial score (nSPS) is 14.2. The molecule has 1 unspecified atom stereocenters. The van der Waals surface area contributed by atoms with Crippen LogP contribution >= 0.6 is 22.9 Å². The van der Waals surface area contributed by atoms with Gasteiger partial charge in [-0.05, 0) is 40.0 Å². The van der Waals surface area contributed by atoms with E-state index in [9.17, 15) is 5.11 Å². The fraction of sp³-hybridized carbons (Fsp3) is 0.692. The Balaban J connectivity index is 2.29. The van der Waals surface area contributed by atoms with Crippen molar-refractivity contribution in [3.8, 4) is 0 Å². The van der Waals surface area contributed by atoms with Gasteiger partial charge in [0.25, 0.3) is 0 Å². The van der Waals surface area contributed by atoms with Crippen molar-refractivity contribution >= 4 is 22.9 Å². The summed E-state index contributed by atoms with van der Waals surface area (Å²) in [6, 6.07) is 3.94. The van der Waals surface area contributed by atoms with Crippen molar-refractivity contribution in [3.05, 3.63) is 21.3 Å². The van der Waals surface area contributed by atoms with Gasteiger partial charge in [0.05, 0.1) is 10.4 Å². The Morgan fingerprint density at radius 3 is 2.61 bits per heavy atom. The molecule has 0 aliphatic heterocycles. The molecule has 0 aliphatic rings. The van der Waals surface area contributed by atoms with Gasteiger partial charge in [0.1, 0.15) is 0 Å². The predicted octanol–water partition coefficient (Wildman–Crippen LogP) is 2.58. The van der Waals surface area contributed by atoms with E-state index in [0.29, 0.717) is 13.1 Å². The lowest BCUT2D eigenvalue weighted by atomic mass is 10.1. The number of likely N-dealkylation sites (N-methyl/N-ethyl adjacent to an activating group) is 1. The minimum absolute atomic E-state index is 0.0425. The number of halogens is 1. The molecule has 18 heavy (non-hydrogen) atoms. The monoisotopic (exact) mass is 290 g/mol. The van der Waals surface area contributed by atoms with Gasteiger partial charge >= 0.3 is 0 Å². The van der Waals surface area contributed by atoms with Gasteiger partial charge in [-0.3, -0.25) is 4.90 Å². The van der Waals surface area contributed by atoms with Gasteiger partial charge in [0, 0.05) is 30.1 Å². The SMILES string of the molecule is CN(Cc1ccc(Cl)s1)CC(O)CNC(C)(C)C. The number of thiophene rings is 1. The topological polar surface area (TPSA) is 35.5 Å². The minimum Gasteiger partial charge on any atom is -0.390 e. The van der Waals surface area contributed by atoms with Crippen LogP contribution in [0.4, 0.5) is 0 Å². The molecule has 0 radical (unpaired) electrons. The standard InChI is InChI=1S/C13H23ClN2OS/c1-13(2,3)15-7-10(17)8-16(4)9-11-5-6-12(14)18-11/h5-6,10,15,17H,7-9H2,1-4H3. The van der Waals surface area contributed by atoms with E-state index in [1.807, 2.05) is 19.2 Å². The number of hydrogen-bond donors (Lipinski definition) is 2. The summed E-state index contributed by atoms with van der Waals surface area (Å²) in [5.74, 6) is 0. The van der Waals surface area contributed by atoms with E-state index >= 15 is 0 Å². The summed E-state index contributed by atoms with van der Waals surface area (Å²) < 4.78 is 0.813. The highest BCUT2D eigenvalue weighted by Gasteiger charge is 2.14. The summed E-state index contributed by atoms with van der Waals surface area (Å²) in [4.78, 5) is 3.33. The van der Waals surface area contributed by atoms with Crippen LogP contribution in [0.2, 0.25) is 4.34 Å². The number of hydrogen-bond acceptors (Lipinski definition) is 4. The molecule has 1 aromatic rings. The van der Waals surface area contributed by atoms with Crippen LogP contribution in [0.25, 0.3) is 0 Å². The molecule has 1 rings (SSSR count). The Labute approximate surface area is 119 Å². The van der Waals surface area contributed by atoms with Crippen molar-refractivity contribution in [2.45, 2.75) is 39.0 Å². The summed E-state index contributed by atoms with van der Waals surface area (Å²) in [6.45, 7) is 8.37. The molecule has 0 aliphatic carbocycles. The summed E-state index contributed by atoms with van der Waals surface area (Å²) in [6.07, 6.45) is -0.357. The van der Waals surface area contributed by atoms with Gasteiger partial charge in [-0.1, -0.05) is 11.6 Å². The molecule has 104 valence electrons. The van der Waals surface area contributed by atoms with Gasteiger partial charge in [0.2, 0.25) is 0 Å². The maximum atomic E-state index is 9.94. The number of rotatable bonds is 6. The fourth-order valence-electron chi connectivity index (χ4n) is 1.62. The van der Waals surface area contributed by atoms with E-state index in [1.54, 1.807) is 11.3 Å². The second-order valence-electron chi connectivity index (χ2n) is 5.69. The molecule has 1 atom stereocenters. The van der Waals surface area contributed by atoms with E-state index in [4.69, 9.17) is 11.6 Å². The average molecular weight is 291 g/mol. The van der Waals surface area contributed by atoms with Crippen molar-refractivity contribution in [2.24, 2.45) is 0 Å². The lowest BCUT2D eigenvalue weighted by Gasteiger charge is -2.25. The Hall–Kier alpha value is -0.130. The third-order valence-electron chi connectivity index (χ3n) is 2.45. The van der Waals surface area contributed by atoms with Gasteiger partial charge in [0.15, 0.2) is 0 Å². The Morgan fingerprint density at radius 1 is 1.44 bits per heavy atom. The molecule has 3 nitrogen and oxygen atoms in total. The highest BCUT2D eigenvalue weighted by molar-refractivity contribution is 7.16. The molecule has 0 amide bonds. The summed E-state index contributed by atoms with van der Waals surface area (Å²) in [7, 11) is 2.01. The molecule has 5 heteroatoms. The summed E-state index contributed by atoms with van der Waals surface area (Å²) in [5.41, 5.74) is 0.0425. The van der Waals surface area contributed by atoms with E-state index < -0.39 is 0 Å². The first-order chi connectivity index (χ1) is 8.26. The predicted molar refractivity (Wildman–Crippen MR) is 79.4 cm³/mol. The molecule has 0 spiro atoms. The summed E-state index contributed by atoms with van der Waals surface area (Å²) >= 11 is 7.48. The maximum Gasteiger partial charge on any atom is 0.0931 e. The highest BCUT2D eigenvalue weighted by Crippen LogP contribution is 2.22. The molecule has 0 fully saturated rings. The Morgan fingerprint density at radius 2 is 2.11 bits per heavy atom. The van der Waals surface area contributed by atoms with Crippen LogP contribution in [-0.4, -0.2) is 41.8 Å². The lowest BCUT2D eigenvalue weighted by Crippen LogP contribution is -2.44. The zero-order valence-corrected chi connectivity index (χ0v) is 13.1. The van der Waals surface area contributed by atoms with Gasteiger partial charge in [-0.15, -0.1) is 11.3 Å². The number of aliphatic hydroxyl groups excluding tert-OH is 1. The number of aliphatic hydroxyl groups is 1. The molecule has 0 saturated heterocycles. The van der Waals surface area contributed by atoms with Crippen molar-refractivity contribution < 1.29 is 5.11 Å². The quantitative estimate of drug-likeness (QED) is 0.845. The Kier molecular flexibility index (Phi) is 6.08. The van der Waals surface area contributed by atoms with Crippen LogP contribution in [0.15, 0.2) is 12.1 Å². The lowest BCUT2D eigenvalue weighted by molar-refractivity contribution is 0.115. The van der Waals surface area contributed by atoms with Gasteiger partial charge in [-0.2, -0.15) is 0 Å². The third kappa shape index (κ3) is 6.71. The largest absolute Gasteiger partial charge is 0.390 e. The first-order valence-corrected chi connectivity index (χ1v) is 7.31. The second kappa shape index (κ2) is 6.87. The number of β-amino-alcohol motifs (C(OH)–C–C–N with tert-alkyl or cyclic N) is 1. The smallest absolute Gasteiger partial charge is 0.0931 e. The first-order valence-electron chi connectivity index (χ1n) is 6.12. The zero-order chi connectivity index (χ0) is 13.8. The van der Waals surface area contributed by atoms with E-state index in [2.05, 4.69) is 31.0 Å². The molecule has 0 aromatic carbocycles. The molecule has 1 aromatic heterocycles. The van der Waals surface area contributed by atoms with Crippen LogP contribution in [0, 0.1) is 0 Å². The summed E-state index contributed by atoms with van der Waals surface area (Å²) in [5, 5.41) is 13.2. The fourth-order valence-corrected chi connectivity index (χ4v) is 2.78. The van der Waals surface area contributed by atoms with Crippen LogP contribution < -0.4 is 5.32 Å². The van der Waals surface area contributed by atoms with Crippen molar-refractivity contribution in [3.63, 3.8) is 0 Å². The maximum absolute atomic E-state index is 9.94. The molecule has 0 saturated carbocycles. The van der Waals surface area contributed by atoms with Crippen molar-refractivity contribution in [2.75, 3.05) is 20.1 Å². The molecular weight excluding hydrogens is 268 g/mol. The Bertz CT molecular complexity index is 362. The van der Waals surface area contributed by atoms with Crippen molar-refractivity contribution in [1.29, 1.82) is 0 Å². The van der Waals surface area contributed by atoms with Crippen LogP contribution in [0.1, 0.15) is 25.6 Å². The van der Waals surface area contributed by atoms with E-state index in [1.165, 1.54) is 4.88 Å².